The number of carbonyl (C=O) groups excluding carboxylic acids is 1. The van der Waals surface area contributed by atoms with E-state index in [1.54, 1.807) is 17.0 Å². The first-order chi connectivity index (χ1) is 8.08. The maximum Gasteiger partial charge on any atom is 0.269 e. The lowest BCUT2D eigenvalue weighted by molar-refractivity contribution is -0.384. The van der Waals surface area contributed by atoms with Crippen molar-refractivity contribution in [3.63, 3.8) is 0 Å². The average Bonchev–Trinajstić information content (AvgIpc) is 2.61. The Bertz CT molecular complexity index is 461. The van der Waals surface area contributed by atoms with Crippen LogP contribution in [0.15, 0.2) is 24.3 Å². The van der Waals surface area contributed by atoms with Crippen LogP contribution in [0, 0.1) is 10.1 Å². The molecule has 6 nitrogen and oxygen atoms in total. The van der Waals surface area contributed by atoms with E-state index in [2.05, 4.69) is 0 Å². The molecule has 1 fully saturated rings. The standard InChI is InChI=1S/C11H13N3O3/c12-10-4-5-13(11(10)15)7-8-2-1-3-9(6-8)14(16)17/h1-3,6,10H,4-5,7,12H2. The van der Waals surface area contributed by atoms with Crippen molar-refractivity contribution in [3.8, 4) is 0 Å². The fourth-order valence-corrected chi connectivity index (χ4v) is 1.91. The van der Waals surface area contributed by atoms with Gasteiger partial charge in [-0.05, 0) is 12.0 Å². The van der Waals surface area contributed by atoms with Gasteiger partial charge in [0.1, 0.15) is 0 Å². The number of nitrogens with two attached hydrogens (primary N) is 1. The Morgan fingerprint density at radius 1 is 1.53 bits per heavy atom. The summed E-state index contributed by atoms with van der Waals surface area (Å²) < 4.78 is 0. The highest BCUT2D eigenvalue weighted by Crippen LogP contribution is 2.17. The Kier molecular flexibility index (Phi) is 3.06. The summed E-state index contributed by atoms with van der Waals surface area (Å²) in [4.78, 5) is 23.4. The zero-order chi connectivity index (χ0) is 12.4. The molecule has 1 aromatic rings. The maximum atomic E-state index is 11.6. The molecule has 90 valence electrons. The lowest BCUT2D eigenvalue weighted by Gasteiger charge is -2.15. The van der Waals surface area contributed by atoms with E-state index in [4.69, 9.17) is 5.73 Å². The van der Waals surface area contributed by atoms with E-state index < -0.39 is 11.0 Å². The largest absolute Gasteiger partial charge is 0.337 e. The van der Waals surface area contributed by atoms with Crippen LogP contribution in [0.25, 0.3) is 0 Å². The monoisotopic (exact) mass is 235 g/mol. The highest BCUT2D eigenvalue weighted by atomic mass is 16.6. The van der Waals surface area contributed by atoms with E-state index in [1.165, 1.54) is 12.1 Å². The Hall–Kier alpha value is -1.95. The number of rotatable bonds is 3. The molecule has 0 saturated carbocycles. The van der Waals surface area contributed by atoms with E-state index in [0.29, 0.717) is 19.5 Å². The second-order valence-corrected chi connectivity index (χ2v) is 4.08. The summed E-state index contributed by atoms with van der Waals surface area (Å²) >= 11 is 0. The number of nitro groups is 1. The van der Waals surface area contributed by atoms with Gasteiger partial charge >= 0.3 is 0 Å². The predicted octanol–water partition coefficient (Wildman–Crippen LogP) is 0.654. The molecule has 1 aliphatic rings. The number of hydrogen-bond donors (Lipinski definition) is 1. The van der Waals surface area contributed by atoms with Crippen LogP contribution in [-0.2, 0) is 11.3 Å². The number of non-ortho nitro benzene ring substituents is 1. The van der Waals surface area contributed by atoms with Gasteiger partial charge in [-0.2, -0.15) is 0 Å². The quantitative estimate of drug-likeness (QED) is 0.615. The number of likely N-dealkylation sites (tertiary alicyclic amines) is 1. The second-order valence-electron chi connectivity index (χ2n) is 4.08. The SMILES string of the molecule is NC1CCN(Cc2cccc([N+](=O)[O-])c2)C1=O. The fourth-order valence-electron chi connectivity index (χ4n) is 1.91. The number of nitrogens with zero attached hydrogens (tertiary/aromatic N) is 2. The number of hydrogen-bond acceptors (Lipinski definition) is 4. The van der Waals surface area contributed by atoms with E-state index >= 15 is 0 Å². The Morgan fingerprint density at radius 2 is 2.29 bits per heavy atom. The third-order valence-corrected chi connectivity index (χ3v) is 2.83. The minimum Gasteiger partial charge on any atom is -0.337 e. The molecule has 0 radical (unpaired) electrons. The van der Waals surface area contributed by atoms with Crippen molar-refractivity contribution < 1.29 is 9.72 Å². The van der Waals surface area contributed by atoms with E-state index in [1.807, 2.05) is 0 Å². The number of benzene rings is 1. The van der Waals surface area contributed by atoms with Crippen molar-refractivity contribution in [1.82, 2.24) is 4.90 Å². The third kappa shape index (κ3) is 2.42. The van der Waals surface area contributed by atoms with Crippen LogP contribution in [0.1, 0.15) is 12.0 Å². The first-order valence-electron chi connectivity index (χ1n) is 5.35. The van der Waals surface area contributed by atoms with Gasteiger partial charge in [-0.15, -0.1) is 0 Å². The van der Waals surface area contributed by atoms with E-state index in [-0.39, 0.29) is 11.6 Å². The molecule has 0 aliphatic carbocycles. The number of carbonyl (C=O) groups is 1. The molecule has 0 spiro atoms. The van der Waals surface area contributed by atoms with Gasteiger partial charge in [0.15, 0.2) is 0 Å². The zero-order valence-corrected chi connectivity index (χ0v) is 9.20. The minimum atomic E-state index is -0.443. The summed E-state index contributed by atoms with van der Waals surface area (Å²) in [6.07, 6.45) is 0.647. The zero-order valence-electron chi connectivity index (χ0n) is 9.20. The number of nitro benzene ring substituents is 1. The molecule has 1 heterocycles. The van der Waals surface area contributed by atoms with Crippen molar-refractivity contribution >= 4 is 11.6 Å². The second kappa shape index (κ2) is 4.50. The summed E-state index contributed by atoms with van der Waals surface area (Å²) in [7, 11) is 0. The molecule has 0 bridgehead atoms. The van der Waals surface area contributed by atoms with Gasteiger partial charge in [0.2, 0.25) is 5.91 Å². The van der Waals surface area contributed by atoms with Gasteiger partial charge in [0.25, 0.3) is 5.69 Å². The van der Waals surface area contributed by atoms with E-state index in [0.717, 1.165) is 5.56 Å². The molecule has 1 aliphatic heterocycles. The fraction of sp³-hybridized carbons (Fsp3) is 0.364. The summed E-state index contributed by atoms with van der Waals surface area (Å²) in [6.45, 7) is 0.997. The van der Waals surface area contributed by atoms with Crippen LogP contribution >= 0.6 is 0 Å². The minimum absolute atomic E-state index is 0.0402. The topological polar surface area (TPSA) is 89.5 Å². The van der Waals surface area contributed by atoms with Gasteiger partial charge in [-0.1, -0.05) is 12.1 Å². The molecule has 1 atom stereocenters. The first kappa shape index (κ1) is 11.5. The van der Waals surface area contributed by atoms with Gasteiger partial charge in [0.05, 0.1) is 11.0 Å². The normalized spacial score (nSPS) is 19.7. The molecule has 1 unspecified atom stereocenters. The first-order valence-corrected chi connectivity index (χ1v) is 5.35. The molecular formula is C11H13N3O3. The van der Waals surface area contributed by atoms with Crippen LogP contribution < -0.4 is 5.73 Å². The van der Waals surface area contributed by atoms with Crippen molar-refractivity contribution in [3.05, 3.63) is 39.9 Å². The average molecular weight is 235 g/mol. The molecule has 1 saturated heterocycles. The molecule has 2 N–H and O–H groups in total. The van der Waals surface area contributed by atoms with Gasteiger partial charge in [-0.3, -0.25) is 14.9 Å². The molecule has 6 heteroatoms. The van der Waals surface area contributed by atoms with Crippen LogP contribution in [0.2, 0.25) is 0 Å². The van der Waals surface area contributed by atoms with Crippen molar-refractivity contribution in [2.45, 2.75) is 19.0 Å². The lowest BCUT2D eigenvalue weighted by Crippen LogP contribution is -2.33. The summed E-state index contributed by atoms with van der Waals surface area (Å²) in [5.74, 6) is -0.0866. The lowest BCUT2D eigenvalue weighted by atomic mass is 10.2. The molecule has 1 aromatic carbocycles. The number of amides is 1. The molecule has 1 amide bonds. The highest BCUT2D eigenvalue weighted by Gasteiger charge is 2.28. The van der Waals surface area contributed by atoms with Crippen LogP contribution in [0.3, 0.4) is 0 Å². The maximum absolute atomic E-state index is 11.6. The van der Waals surface area contributed by atoms with Crippen LogP contribution in [0.5, 0.6) is 0 Å². The van der Waals surface area contributed by atoms with Crippen LogP contribution in [-0.4, -0.2) is 28.3 Å². The van der Waals surface area contributed by atoms with Crippen molar-refractivity contribution in [1.29, 1.82) is 0 Å². The summed E-state index contributed by atoms with van der Waals surface area (Å²) in [5.41, 5.74) is 6.39. The molecule has 2 rings (SSSR count). The van der Waals surface area contributed by atoms with Gasteiger partial charge < -0.3 is 10.6 Å². The summed E-state index contributed by atoms with van der Waals surface area (Å²) in [5, 5.41) is 10.6. The smallest absolute Gasteiger partial charge is 0.269 e. The van der Waals surface area contributed by atoms with Gasteiger partial charge in [0, 0.05) is 25.2 Å². The Labute approximate surface area is 98.2 Å². The van der Waals surface area contributed by atoms with Gasteiger partial charge in [-0.25, -0.2) is 0 Å². The summed E-state index contributed by atoms with van der Waals surface area (Å²) in [6, 6.07) is 5.88. The van der Waals surface area contributed by atoms with E-state index in [9.17, 15) is 14.9 Å². The van der Waals surface area contributed by atoms with Crippen molar-refractivity contribution in [2.24, 2.45) is 5.73 Å². The third-order valence-electron chi connectivity index (χ3n) is 2.83. The molecule has 17 heavy (non-hydrogen) atoms. The van der Waals surface area contributed by atoms with Crippen molar-refractivity contribution in [2.75, 3.05) is 6.54 Å². The molecular weight excluding hydrogens is 222 g/mol. The predicted molar refractivity (Wildman–Crippen MR) is 61.1 cm³/mol. The highest BCUT2D eigenvalue weighted by molar-refractivity contribution is 5.83. The Morgan fingerprint density at radius 3 is 2.88 bits per heavy atom. The Balaban J connectivity index is 2.11. The molecule has 0 aromatic heterocycles. The van der Waals surface area contributed by atoms with Crippen LogP contribution in [0.4, 0.5) is 5.69 Å².